The highest BCUT2D eigenvalue weighted by Crippen LogP contribution is 2.29. The molecule has 2 N–H and O–H groups in total. The molecule has 0 unspecified atom stereocenters. The van der Waals surface area contributed by atoms with Gasteiger partial charge in [0, 0.05) is 6.07 Å². The number of hydrogen-bond donors (Lipinski definition) is 2. The molecular formula is C12H11N3O6. The van der Waals surface area contributed by atoms with Gasteiger partial charge in [0.25, 0.3) is 5.56 Å². The van der Waals surface area contributed by atoms with Gasteiger partial charge in [-0.3, -0.25) is 19.9 Å². The molecule has 1 aromatic carbocycles. The molecule has 0 saturated carbocycles. The van der Waals surface area contributed by atoms with E-state index >= 15 is 0 Å². The van der Waals surface area contributed by atoms with Crippen LogP contribution in [0.15, 0.2) is 27.8 Å². The minimum atomic E-state index is -0.900. The number of rotatable bonds is 3. The highest BCUT2D eigenvalue weighted by Gasteiger charge is 2.19. The van der Waals surface area contributed by atoms with Crippen molar-refractivity contribution in [2.24, 2.45) is 0 Å². The number of ether oxygens (including phenoxy) is 1. The quantitative estimate of drug-likeness (QED) is 0.625. The minimum Gasteiger partial charge on any atom is -0.494 e. The zero-order chi connectivity index (χ0) is 15.7. The molecular weight excluding hydrogens is 282 g/mol. The second kappa shape index (κ2) is 5.12. The van der Waals surface area contributed by atoms with E-state index in [9.17, 15) is 24.8 Å². The van der Waals surface area contributed by atoms with Gasteiger partial charge in [0.1, 0.15) is 0 Å². The van der Waals surface area contributed by atoms with Crippen LogP contribution >= 0.6 is 0 Å². The fourth-order valence-electron chi connectivity index (χ4n) is 1.81. The number of aromatic hydroxyl groups is 1. The molecule has 21 heavy (non-hydrogen) atoms. The van der Waals surface area contributed by atoms with E-state index in [4.69, 9.17) is 4.74 Å². The van der Waals surface area contributed by atoms with Crippen molar-refractivity contribution in [3.63, 3.8) is 0 Å². The van der Waals surface area contributed by atoms with Crippen LogP contribution < -0.4 is 16.0 Å². The smallest absolute Gasteiger partial charge is 0.335 e. The first-order valence-corrected chi connectivity index (χ1v) is 5.74. The van der Waals surface area contributed by atoms with E-state index < -0.39 is 22.1 Å². The van der Waals surface area contributed by atoms with Gasteiger partial charge in [0.15, 0.2) is 5.75 Å². The second-order valence-corrected chi connectivity index (χ2v) is 4.16. The van der Waals surface area contributed by atoms with Crippen molar-refractivity contribution in [2.45, 2.75) is 6.92 Å². The van der Waals surface area contributed by atoms with Crippen LogP contribution in [0.1, 0.15) is 5.56 Å². The third-order valence-electron chi connectivity index (χ3n) is 2.93. The molecule has 1 aromatic heterocycles. The third-order valence-corrected chi connectivity index (χ3v) is 2.93. The number of aromatic amines is 1. The van der Waals surface area contributed by atoms with Crippen molar-refractivity contribution in [1.82, 2.24) is 9.55 Å². The minimum absolute atomic E-state index is 0.0115. The largest absolute Gasteiger partial charge is 0.494 e. The van der Waals surface area contributed by atoms with Crippen LogP contribution in [0, 0.1) is 17.0 Å². The van der Waals surface area contributed by atoms with Crippen molar-refractivity contribution >= 4 is 5.69 Å². The molecule has 2 aromatic rings. The van der Waals surface area contributed by atoms with Gasteiger partial charge in [-0.15, -0.1) is 0 Å². The Morgan fingerprint density at radius 3 is 2.62 bits per heavy atom. The first-order valence-electron chi connectivity index (χ1n) is 5.74. The first kappa shape index (κ1) is 14.3. The number of benzene rings is 1. The molecule has 9 heteroatoms. The number of H-pyrrole nitrogens is 1. The number of nitrogens with one attached hydrogen (secondary N) is 1. The summed E-state index contributed by atoms with van der Waals surface area (Å²) in [5, 5.41) is 20.9. The second-order valence-electron chi connectivity index (χ2n) is 4.16. The van der Waals surface area contributed by atoms with E-state index in [1.54, 1.807) is 0 Å². The van der Waals surface area contributed by atoms with Gasteiger partial charge in [-0.05, 0) is 19.1 Å². The SMILES string of the molecule is COc1ccc(-n2c(O)c(C)c(=O)[nH]c2=O)cc1[N+](=O)[O-]. The van der Waals surface area contributed by atoms with Crippen LogP contribution in [0.5, 0.6) is 11.6 Å². The highest BCUT2D eigenvalue weighted by atomic mass is 16.6. The van der Waals surface area contributed by atoms with Crippen molar-refractivity contribution in [3.8, 4) is 17.3 Å². The lowest BCUT2D eigenvalue weighted by Crippen LogP contribution is -2.30. The van der Waals surface area contributed by atoms with Crippen LogP contribution in [0.2, 0.25) is 0 Å². The maximum absolute atomic E-state index is 11.8. The molecule has 0 saturated heterocycles. The highest BCUT2D eigenvalue weighted by molar-refractivity contribution is 5.54. The molecule has 0 radical (unpaired) electrons. The van der Waals surface area contributed by atoms with Gasteiger partial charge < -0.3 is 9.84 Å². The van der Waals surface area contributed by atoms with E-state index in [2.05, 4.69) is 0 Å². The average Bonchev–Trinajstić information content (AvgIpc) is 2.44. The Labute approximate surface area is 117 Å². The Balaban J connectivity index is 2.77. The van der Waals surface area contributed by atoms with Gasteiger partial charge >= 0.3 is 11.4 Å². The summed E-state index contributed by atoms with van der Waals surface area (Å²) in [5.74, 6) is -0.569. The number of methoxy groups -OCH3 is 1. The maximum Gasteiger partial charge on any atom is 0.335 e. The van der Waals surface area contributed by atoms with Crippen LogP contribution in [-0.2, 0) is 0 Å². The molecule has 0 aliphatic carbocycles. The van der Waals surface area contributed by atoms with Gasteiger partial charge in [-0.1, -0.05) is 0 Å². The Bertz CT molecular complexity index is 836. The van der Waals surface area contributed by atoms with E-state index in [-0.39, 0.29) is 22.7 Å². The fraction of sp³-hybridized carbons (Fsp3) is 0.167. The summed E-state index contributed by atoms with van der Waals surface area (Å²) in [5.41, 5.74) is -2.04. The molecule has 2 rings (SSSR count). The topological polar surface area (TPSA) is 127 Å². The Morgan fingerprint density at radius 2 is 2.05 bits per heavy atom. The summed E-state index contributed by atoms with van der Waals surface area (Å²) in [6, 6.07) is 3.71. The normalized spacial score (nSPS) is 10.4. The lowest BCUT2D eigenvalue weighted by Gasteiger charge is -2.10. The molecule has 0 atom stereocenters. The van der Waals surface area contributed by atoms with Crippen molar-refractivity contribution in [3.05, 3.63) is 54.7 Å². The maximum atomic E-state index is 11.8. The monoisotopic (exact) mass is 293 g/mol. The predicted molar refractivity (Wildman–Crippen MR) is 72.3 cm³/mol. The first-order chi connectivity index (χ1) is 9.86. The molecule has 0 aliphatic heterocycles. The van der Waals surface area contributed by atoms with Crippen LogP contribution in [0.4, 0.5) is 5.69 Å². The fourth-order valence-corrected chi connectivity index (χ4v) is 1.81. The van der Waals surface area contributed by atoms with E-state index in [1.165, 1.54) is 26.2 Å². The van der Waals surface area contributed by atoms with Gasteiger partial charge in [0.2, 0.25) is 5.88 Å². The van der Waals surface area contributed by atoms with E-state index in [0.717, 1.165) is 10.6 Å². The molecule has 0 spiro atoms. The summed E-state index contributed by atoms with van der Waals surface area (Å²) in [7, 11) is 1.27. The van der Waals surface area contributed by atoms with Crippen LogP contribution in [-0.4, -0.2) is 26.7 Å². The lowest BCUT2D eigenvalue weighted by atomic mass is 10.2. The van der Waals surface area contributed by atoms with Gasteiger partial charge in [-0.2, -0.15) is 0 Å². The zero-order valence-electron chi connectivity index (χ0n) is 11.1. The van der Waals surface area contributed by atoms with Crippen molar-refractivity contribution < 1.29 is 14.8 Å². The standard InChI is InChI=1S/C12H11N3O6/c1-6-10(16)13-12(18)14(11(6)17)7-3-4-9(21-2)8(5-7)15(19)20/h3-5,17H,1-2H3,(H,13,16,18). The summed E-state index contributed by atoms with van der Waals surface area (Å²) < 4.78 is 5.62. The van der Waals surface area contributed by atoms with Gasteiger partial charge in [0.05, 0.1) is 23.3 Å². The lowest BCUT2D eigenvalue weighted by molar-refractivity contribution is -0.385. The van der Waals surface area contributed by atoms with Crippen molar-refractivity contribution in [2.75, 3.05) is 7.11 Å². The molecule has 9 nitrogen and oxygen atoms in total. The Morgan fingerprint density at radius 1 is 1.38 bits per heavy atom. The van der Waals surface area contributed by atoms with E-state index in [1.807, 2.05) is 4.98 Å². The molecule has 0 aliphatic rings. The van der Waals surface area contributed by atoms with Crippen LogP contribution in [0.25, 0.3) is 5.69 Å². The molecule has 1 heterocycles. The predicted octanol–water partition coefficient (Wildman–Crippen LogP) is 0.457. The number of hydrogen-bond acceptors (Lipinski definition) is 6. The van der Waals surface area contributed by atoms with Gasteiger partial charge in [-0.25, -0.2) is 9.36 Å². The number of nitro groups is 1. The Kier molecular flexibility index (Phi) is 3.49. The third kappa shape index (κ3) is 2.36. The Hall–Kier alpha value is -3.10. The summed E-state index contributed by atoms with van der Waals surface area (Å²) in [6.07, 6.45) is 0. The summed E-state index contributed by atoms with van der Waals surface area (Å²) in [4.78, 5) is 35.5. The molecule has 0 amide bonds. The number of nitrogens with zero attached hydrogens (tertiary/aromatic N) is 2. The molecule has 0 fully saturated rings. The van der Waals surface area contributed by atoms with Crippen LogP contribution in [0.3, 0.4) is 0 Å². The van der Waals surface area contributed by atoms with E-state index in [0.29, 0.717) is 0 Å². The number of nitro benzene ring substituents is 1. The average molecular weight is 293 g/mol. The molecule has 0 bridgehead atoms. The summed E-state index contributed by atoms with van der Waals surface area (Å²) in [6.45, 7) is 1.32. The number of aromatic nitrogens is 2. The van der Waals surface area contributed by atoms with Crippen molar-refractivity contribution in [1.29, 1.82) is 0 Å². The zero-order valence-corrected chi connectivity index (χ0v) is 11.1. The molecule has 110 valence electrons. The summed E-state index contributed by atoms with van der Waals surface area (Å²) >= 11 is 0.